The lowest BCUT2D eigenvalue weighted by molar-refractivity contribution is -0.128. The molecular formula is C17H21N3O4. The predicted molar refractivity (Wildman–Crippen MR) is 86.7 cm³/mol. The average molecular weight is 331 g/mol. The highest BCUT2D eigenvalue weighted by Crippen LogP contribution is 2.31. The van der Waals surface area contributed by atoms with Gasteiger partial charge in [-0.1, -0.05) is 11.6 Å². The highest BCUT2D eigenvalue weighted by atomic mass is 16.5. The molecule has 1 saturated carbocycles. The second-order valence-corrected chi connectivity index (χ2v) is 5.88. The van der Waals surface area contributed by atoms with Crippen molar-refractivity contribution >= 4 is 5.91 Å². The van der Waals surface area contributed by atoms with E-state index in [4.69, 9.17) is 14.0 Å². The monoisotopic (exact) mass is 331 g/mol. The maximum absolute atomic E-state index is 12.0. The van der Waals surface area contributed by atoms with E-state index in [0.717, 1.165) is 24.8 Å². The number of amides is 1. The molecule has 24 heavy (non-hydrogen) atoms. The van der Waals surface area contributed by atoms with Crippen LogP contribution in [0.4, 0.5) is 0 Å². The molecule has 0 unspecified atom stereocenters. The highest BCUT2D eigenvalue weighted by molar-refractivity contribution is 5.79. The molecule has 0 saturated heterocycles. The zero-order valence-electron chi connectivity index (χ0n) is 14.0. The van der Waals surface area contributed by atoms with Crippen LogP contribution in [0.3, 0.4) is 0 Å². The first-order valence-electron chi connectivity index (χ1n) is 7.98. The zero-order valence-corrected chi connectivity index (χ0v) is 14.0. The summed E-state index contributed by atoms with van der Waals surface area (Å²) in [5.41, 5.74) is 0.750. The average Bonchev–Trinajstić information content (AvgIpc) is 3.02. The number of benzene rings is 1. The maximum atomic E-state index is 12.0. The molecule has 1 aromatic heterocycles. The number of methoxy groups -OCH3 is 2. The minimum Gasteiger partial charge on any atom is -0.493 e. The van der Waals surface area contributed by atoms with Gasteiger partial charge in [-0.25, -0.2) is 0 Å². The van der Waals surface area contributed by atoms with E-state index >= 15 is 0 Å². The van der Waals surface area contributed by atoms with Gasteiger partial charge in [-0.15, -0.1) is 0 Å². The van der Waals surface area contributed by atoms with Gasteiger partial charge in [0.1, 0.15) is 6.04 Å². The summed E-state index contributed by atoms with van der Waals surface area (Å²) in [6.07, 6.45) is 3.04. The van der Waals surface area contributed by atoms with E-state index in [1.165, 1.54) is 0 Å². The fourth-order valence-electron chi connectivity index (χ4n) is 2.57. The third-order valence-electron chi connectivity index (χ3n) is 4.29. The van der Waals surface area contributed by atoms with Crippen LogP contribution in [0.1, 0.15) is 38.1 Å². The van der Waals surface area contributed by atoms with Crippen LogP contribution in [0.5, 0.6) is 11.5 Å². The minimum atomic E-state index is -0.320. The van der Waals surface area contributed by atoms with Crippen molar-refractivity contribution in [3.8, 4) is 22.9 Å². The molecule has 1 aromatic carbocycles. The van der Waals surface area contributed by atoms with Gasteiger partial charge in [0, 0.05) is 11.5 Å². The van der Waals surface area contributed by atoms with Crippen LogP contribution >= 0.6 is 0 Å². The molecule has 0 bridgehead atoms. The maximum Gasteiger partial charge on any atom is 0.249 e. The number of hydrogen-bond donors (Lipinski definition) is 1. The van der Waals surface area contributed by atoms with Gasteiger partial charge >= 0.3 is 0 Å². The lowest BCUT2D eigenvalue weighted by atomic mass is 9.84. The Balaban J connectivity index is 1.73. The van der Waals surface area contributed by atoms with Gasteiger partial charge in [0.25, 0.3) is 0 Å². The number of hydrogen-bond acceptors (Lipinski definition) is 6. The summed E-state index contributed by atoms with van der Waals surface area (Å²) in [7, 11) is 3.15. The molecule has 2 aromatic rings. The van der Waals surface area contributed by atoms with Crippen molar-refractivity contribution < 1.29 is 18.8 Å². The Labute approximate surface area is 140 Å². The number of aromatic nitrogens is 2. The van der Waals surface area contributed by atoms with Crippen molar-refractivity contribution in [2.24, 2.45) is 5.92 Å². The lowest BCUT2D eigenvalue weighted by Crippen LogP contribution is -2.36. The van der Waals surface area contributed by atoms with Crippen molar-refractivity contribution in [1.82, 2.24) is 15.5 Å². The molecule has 1 aliphatic rings. The number of carbonyl (C=O) groups is 1. The first-order valence-corrected chi connectivity index (χ1v) is 7.98. The Morgan fingerprint density at radius 2 is 2.04 bits per heavy atom. The van der Waals surface area contributed by atoms with E-state index in [1.54, 1.807) is 26.4 Å². The summed E-state index contributed by atoms with van der Waals surface area (Å²) in [5.74, 6) is 2.22. The van der Waals surface area contributed by atoms with Crippen LogP contribution in [0.2, 0.25) is 0 Å². The van der Waals surface area contributed by atoms with Gasteiger partial charge in [-0.05, 0) is 38.0 Å². The molecule has 1 N–H and O–H groups in total. The molecule has 128 valence electrons. The second-order valence-electron chi connectivity index (χ2n) is 5.88. The molecule has 1 heterocycles. The van der Waals surface area contributed by atoms with E-state index in [-0.39, 0.29) is 17.9 Å². The second kappa shape index (κ2) is 6.90. The molecule has 3 rings (SSSR count). The van der Waals surface area contributed by atoms with Crippen molar-refractivity contribution in [2.45, 2.75) is 32.2 Å². The summed E-state index contributed by atoms with van der Waals surface area (Å²) in [5, 5.41) is 6.91. The summed E-state index contributed by atoms with van der Waals surface area (Å²) in [4.78, 5) is 16.4. The minimum absolute atomic E-state index is 0.0552. The van der Waals surface area contributed by atoms with Crippen LogP contribution in [0, 0.1) is 5.92 Å². The van der Waals surface area contributed by atoms with Crippen molar-refractivity contribution in [2.75, 3.05) is 14.2 Å². The molecule has 1 aliphatic carbocycles. The third kappa shape index (κ3) is 3.20. The van der Waals surface area contributed by atoms with Gasteiger partial charge in [-0.2, -0.15) is 4.98 Å². The van der Waals surface area contributed by atoms with Crippen molar-refractivity contribution in [1.29, 1.82) is 0 Å². The van der Waals surface area contributed by atoms with Crippen LogP contribution in [-0.2, 0) is 4.79 Å². The van der Waals surface area contributed by atoms with Crippen LogP contribution < -0.4 is 14.8 Å². The molecule has 0 radical (unpaired) electrons. The quantitative estimate of drug-likeness (QED) is 0.876. The zero-order chi connectivity index (χ0) is 17.1. The standard InChI is InChI=1S/C17H21N3O4/c1-10(18-16(21)11-5-4-6-11)17-19-15(20-24-17)12-7-8-13(22-2)14(9-12)23-3/h7-11H,4-6H2,1-3H3,(H,18,21)/t10-/m0/s1. The molecule has 7 nitrogen and oxygen atoms in total. The van der Waals surface area contributed by atoms with Gasteiger partial charge in [0.05, 0.1) is 14.2 Å². The normalized spacial score (nSPS) is 15.5. The van der Waals surface area contributed by atoms with E-state index in [2.05, 4.69) is 15.5 Å². The smallest absolute Gasteiger partial charge is 0.249 e. The number of carbonyl (C=O) groups excluding carboxylic acids is 1. The Morgan fingerprint density at radius 3 is 2.67 bits per heavy atom. The van der Waals surface area contributed by atoms with E-state index in [1.807, 2.05) is 13.0 Å². The number of rotatable bonds is 6. The van der Waals surface area contributed by atoms with Gasteiger partial charge < -0.3 is 19.3 Å². The predicted octanol–water partition coefficient (Wildman–Crippen LogP) is 2.73. The van der Waals surface area contributed by atoms with Crippen LogP contribution in [-0.4, -0.2) is 30.3 Å². The lowest BCUT2D eigenvalue weighted by Gasteiger charge is -2.25. The van der Waals surface area contributed by atoms with Crippen molar-refractivity contribution in [3.63, 3.8) is 0 Å². The SMILES string of the molecule is COc1ccc(-c2noc([C@H](C)NC(=O)C3CCC3)n2)cc1OC. The fourth-order valence-corrected chi connectivity index (χ4v) is 2.57. The van der Waals surface area contributed by atoms with Crippen LogP contribution in [0.15, 0.2) is 22.7 Å². The van der Waals surface area contributed by atoms with Crippen LogP contribution in [0.25, 0.3) is 11.4 Å². The van der Waals surface area contributed by atoms with Crippen molar-refractivity contribution in [3.05, 3.63) is 24.1 Å². The van der Waals surface area contributed by atoms with E-state index in [9.17, 15) is 4.79 Å². The van der Waals surface area contributed by atoms with Gasteiger partial charge in [-0.3, -0.25) is 4.79 Å². The van der Waals surface area contributed by atoms with Gasteiger partial charge in [0.15, 0.2) is 11.5 Å². The molecule has 1 fully saturated rings. The van der Waals surface area contributed by atoms with E-state index < -0.39 is 0 Å². The molecule has 1 amide bonds. The highest BCUT2D eigenvalue weighted by Gasteiger charge is 2.27. The summed E-state index contributed by atoms with van der Waals surface area (Å²) < 4.78 is 15.8. The number of ether oxygens (including phenoxy) is 2. The topological polar surface area (TPSA) is 86.5 Å². The number of nitrogens with zero attached hydrogens (tertiary/aromatic N) is 2. The first kappa shape index (κ1) is 16.3. The fraction of sp³-hybridized carbons (Fsp3) is 0.471. The Kier molecular flexibility index (Phi) is 4.69. The van der Waals surface area contributed by atoms with E-state index in [0.29, 0.717) is 23.2 Å². The summed E-state index contributed by atoms with van der Waals surface area (Å²) in [6, 6.07) is 5.07. The molecule has 0 spiro atoms. The third-order valence-corrected chi connectivity index (χ3v) is 4.29. The largest absolute Gasteiger partial charge is 0.493 e. The Bertz CT molecular complexity index is 724. The summed E-state index contributed by atoms with van der Waals surface area (Å²) in [6.45, 7) is 1.84. The molecular weight excluding hydrogens is 310 g/mol. The molecule has 1 atom stereocenters. The molecule has 7 heteroatoms. The van der Waals surface area contributed by atoms with Gasteiger partial charge in [0.2, 0.25) is 17.6 Å². The summed E-state index contributed by atoms with van der Waals surface area (Å²) >= 11 is 0. The first-order chi connectivity index (χ1) is 11.6. The Hall–Kier alpha value is -2.57. The number of nitrogens with one attached hydrogen (secondary N) is 1. The molecule has 0 aliphatic heterocycles. The Morgan fingerprint density at radius 1 is 1.29 bits per heavy atom.